The molecule has 1 aliphatic rings. The van der Waals surface area contributed by atoms with Crippen LogP contribution in [-0.4, -0.2) is 38.2 Å². The second-order valence-corrected chi connectivity index (χ2v) is 11.9. The minimum absolute atomic E-state index is 0.0822. The van der Waals surface area contributed by atoms with E-state index in [1.165, 1.54) is 18.2 Å². The summed E-state index contributed by atoms with van der Waals surface area (Å²) in [6.07, 6.45) is -1.68. The number of rotatable bonds is 7. The van der Waals surface area contributed by atoms with Crippen molar-refractivity contribution in [1.29, 1.82) is 0 Å². The van der Waals surface area contributed by atoms with Gasteiger partial charge in [0.1, 0.15) is 4.90 Å². The van der Waals surface area contributed by atoms with Crippen molar-refractivity contribution >= 4 is 50.1 Å². The minimum Gasteiger partial charge on any atom is -0.370 e. The van der Waals surface area contributed by atoms with Gasteiger partial charge < -0.3 is 10.2 Å². The molecule has 0 unspecified atom stereocenters. The summed E-state index contributed by atoms with van der Waals surface area (Å²) in [5, 5.41) is 2.84. The Balaban J connectivity index is 1.43. The highest BCUT2D eigenvalue weighted by molar-refractivity contribution is 8.00. The number of alkyl halides is 3. The number of para-hydroxylation sites is 2. The average molecular weight is 576 g/mol. The van der Waals surface area contributed by atoms with Gasteiger partial charge in [-0.05, 0) is 73.5 Å². The second kappa shape index (κ2) is 10.9. The number of halogens is 3. The van der Waals surface area contributed by atoms with Gasteiger partial charge in [-0.1, -0.05) is 30.3 Å². The smallest absolute Gasteiger partial charge is 0.370 e. The molecule has 1 aromatic heterocycles. The Labute approximate surface area is 228 Å². The molecule has 4 aromatic rings. The maximum absolute atomic E-state index is 13.5. The van der Waals surface area contributed by atoms with Gasteiger partial charge >= 0.3 is 21.4 Å². The minimum atomic E-state index is -4.56. The first-order valence-corrected chi connectivity index (χ1v) is 14.8. The van der Waals surface area contributed by atoms with E-state index in [2.05, 4.69) is 10.3 Å². The number of nitrogens with zero attached hydrogens (tertiary/aromatic N) is 2. The van der Waals surface area contributed by atoms with Crippen molar-refractivity contribution in [2.24, 2.45) is 0 Å². The third-order valence-electron chi connectivity index (χ3n) is 6.47. The van der Waals surface area contributed by atoms with Crippen molar-refractivity contribution in [3.05, 3.63) is 78.4 Å². The Kier molecular flexibility index (Phi) is 7.59. The van der Waals surface area contributed by atoms with Crippen LogP contribution in [0.4, 0.5) is 24.5 Å². The van der Waals surface area contributed by atoms with Crippen LogP contribution in [0.5, 0.6) is 0 Å². The predicted octanol–water partition coefficient (Wildman–Crippen LogP) is 5.43. The molecule has 0 atom stereocenters. The zero-order valence-electron chi connectivity index (χ0n) is 20.7. The van der Waals surface area contributed by atoms with Crippen LogP contribution in [0.15, 0.2) is 82.8 Å². The van der Waals surface area contributed by atoms with Crippen LogP contribution < -0.4 is 14.2 Å². The zero-order valence-corrected chi connectivity index (χ0v) is 22.4. The molecule has 2 N–H and O–H groups in total. The van der Waals surface area contributed by atoms with Crippen molar-refractivity contribution < 1.29 is 30.4 Å². The van der Waals surface area contributed by atoms with Crippen LogP contribution in [0, 0.1) is 0 Å². The van der Waals surface area contributed by atoms with Crippen molar-refractivity contribution in [3.8, 4) is 0 Å². The number of hydrogen-bond donors (Lipinski definition) is 2. The number of thioether (sulfide) groups is 1. The number of carbonyl (C=O) groups is 1. The third kappa shape index (κ3) is 5.76. The normalized spacial score (nSPS) is 14.5. The summed E-state index contributed by atoms with van der Waals surface area (Å²) >= 11 is 0.953. The van der Waals surface area contributed by atoms with Gasteiger partial charge in [0.25, 0.3) is 0 Å². The monoisotopic (exact) mass is 575 g/mol. The number of carbonyl (C=O) groups excluding carboxylic acids is 1. The first-order valence-electron chi connectivity index (χ1n) is 12.4. The van der Waals surface area contributed by atoms with E-state index in [0.29, 0.717) is 29.8 Å². The van der Waals surface area contributed by atoms with Gasteiger partial charge in [0.2, 0.25) is 5.91 Å². The summed E-state index contributed by atoms with van der Waals surface area (Å²) in [6, 6.07) is 18.2. The summed E-state index contributed by atoms with van der Waals surface area (Å²) in [6.45, 7) is 1.38. The van der Waals surface area contributed by atoms with Crippen molar-refractivity contribution in [2.75, 3.05) is 29.1 Å². The molecule has 7 nitrogen and oxygen atoms in total. The largest absolute Gasteiger partial charge is 0.416 e. The van der Waals surface area contributed by atoms with Crippen LogP contribution in [0.2, 0.25) is 0 Å². The fraction of sp³-hybridized carbons (Fsp3) is 0.259. The van der Waals surface area contributed by atoms with Crippen LogP contribution in [0.1, 0.15) is 24.8 Å². The molecule has 12 heteroatoms. The fourth-order valence-electron chi connectivity index (χ4n) is 4.61. The van der Waals surface area contributed by atoms with Gasteiger partial charge in [-0.3, -0.25) is 4.79 Å². The number of aromatic nitrogens is 2. The molecular formula is C27H26F3N4O3S2+. The Bertz CT molecular complexity index is 1600. The fourth-order valence-corrected chi connectivity index (χ4v) is 7.19. The maximum Gasteiger partial charge on any atom is 0.416 e. The molecule has 0 radical (unpaired) electrons. The molecule has 0 spiro atoms. The number of hydrogen-bond acceptors (Lipinski definition) is 5. The lowest BCUT2D eigenvalue weighted by Crippen LogP contribution is -2.44. The first-order chi connectivity index (χ1) is 18.6. The third-order valence-corrected chi connectivity index (χ3v) is 9.27. The number of piperidine rings is 1. The summed E-state index contributed by atoms with van der Waals surface area (Å²) in [5.74, 6) is -0.785. The number of aromatic amines is 1. The highest BCUT2D eigenvalue weighted by Crippen LogP contribution is 2.36. The average Bonchev–Trinajstić information content (AvgIpc) is 3.32. The van der Waals surface area contributed by atoms with E-state index in [1.54, 1.807) is 42.5 Å². The summed E-state index contributed by atoms with van der Waals surface area (Å²) in [7, 11) is -4.00. The van der Waals surface area contributed by atoms with Crippen LogP contribution in [0.25, 0.3) is 11.0 Å². The van der Waals surface area contributed by atoms with E-state index in [0.717, 1.165) is 47.1 Å². The lowest BCUT2D eigenvalue weighted by molar-refractivity contribution is -0.526. The van der Waals surface area contributed by atoms with Gasteiger partial charge in [0, 0.05) is 13.1 Å². The zero-order chi connectivity index (χ0) is 27.6. The molecule has 204 valence electrons. The lowest BCUT2D eigenvalue weighted by Gasteiger charge is -2.31. The number of imidazole rings is 1. The quantitative estimate of drug-likeness (QED) is 0.227. The Hall–Kier alpha value is -3.51. The molecule has 0 aliphatic carbocycles. The standard InChI is InChI=1S/C27H25F3N4O3S2/c28-27(29,30)19-13-14-23(33-15-7-2-8-16-33)22(17-19)31-25(35)18-38-26-32-21-11-5-6-12-24(21)34(26)39(36,37)20-9-3-1-4-10-20/h1,3-6,9-14,17H,2,7-8,15-16,18H2,(H,31,35)/p+1. The van der Waals surface area contributed by atoms with E-state index in [1.807, 2.05) is 4.90 Å². The second-order valence-electron chi connectivity index (χ2n) is 9.14. The number of amides is 1. The molecule has 0 bridgehead atoms. The van der Waals surface area contributed by atoms with Crippen molar-refractivity contribution in [1.82, 2.24) is 4.98 Å². The summed E-state index contributed by atoms with van der Waals surface area (Å²) in [5.41, 5.74) is 0.737. The Morgan fingerprint density at radius 3 is 2.38 bits per heavy atom. The van der Waals surface area contributed by atoms with E-state index in [4.69, 9.17) is 0 Å². The van der Waals surface area contributed by atoms with Gasteiger partial charge in [0.05, 0.1) is 22.7 Å². The first kappa shape index (κ1) is 27.1. The molecule has 1 aliphatic heterocycles. The number of fused-ring (bicyclic) bond motifs is 1. The molecule has 3 aromatic carbocycles. The van der Waals surface area contributed by atoms with Crippen LogP contribution in [-0.2, 0) is 21.0 Å². The van der Waals surface area contributed by atoms with Crippen molar-refractivity contribution in [3.63, 3.8) is 0 Å². The van der Waals surface area contributed by atoms with E-state index < -0.39 is 27.7 Å². The molecular weight excluding hydrogens is 549 g/mol. The van der Waals surface area contributed by atoms with Gasteiger partial charge in [-0.15, -0.1) is 3.97 Å². The number of anilines is 2. The van der Waals surface area contributed by atoms with E-state index in [9.17, 15) is 26.4 Å². The van der Waals surface area contributed by atoms with Gasteiger partial charge in [-0.25, -0.2) is 4.98 Å². The highest BCUT2D eigenvalue weighted by Gasteiger charge is 2.33. The van der Waals surface area contributed by atoms with Crippen molar-refractivity contribution in [2.45, 2.75) is 35.5 Å². The summed E-state index contributed by atoms with van der Waals surface area (Å²) in [4.78, 5) is 18.1. The topological polar surface area (TPSA) is 86.1 Å². The van der Waals surface area contributed by atoms with E-state index >= 15 is 0 Å². The van der Waals surface area contributed by atoms with E-state index in [-0.39, 0.29) is 21.5 Å². The predicted molar refractivity (Wildman–Crippen MR) is 144 cm³/mol. The summed E-state index contributed by atoms with van der Waals surface area (Å²) < 4.78 is 68.6. The number of benzene rings is 3. The SMILES string of the molecule is O=C(CSc1[nH]c2ccccc2[n+]1S(=O)(=O)c1ccccc1)Nc1cc(C(F)(F)F)ccc1N1CCCCC1. The molecule has 39 heavy (non-hydrogen) atoms. The van der Waals surface area contributed by atoms with Gasteiger partial charge in [-0.2, -0.15) is 21.6 Å². The Morgan fingerprint density at radius 1 is 0.974 bits per heavy atom. The molecule has 1 saturated heterocycles. The molecule has 5 rings (SSSR count). The highest BCUT2D eigenvalue weighted by atomic mass is 32.2. The molecule has 1 amide bonds. The molecule has 2 heterocycles. The number of H-pyrrole nitrogens is 1. The lowest BCUT2D eigenvalue weighted by atomic mass is 10.1. The Morgan fingerprint density at radius 2 is 1.67 bits per heavy atom. The molecule has 0 saturated carbocycles. The maximum atomic E-state index is 13.5. The number of nitrogens with one attached hydrogen (secondary N) is 2. The van der Waals surface area contributed by atoms with Crippen LogP contribution in [0.3, 0.4) is 0 Å². The molecule has 1 fully saturated rings. The van der Waals surface area contributed by atoms with Gasteiger partial charge in [0.15, 0.2) is 11.0 Å². The van der Waals surface area contributed by atoms with Crippen LogP contribution >= 0.6 is 11.8 Å².